The lowest BCUT2D eigenvalue weighted by molar-refractivity contribution is 0.425. The number of aliphatic imine (C=N–C) groups is 1. The summed E-state index contributed by atoms with van der Waals surface area (Å²) in [5, 5.41) is 7.82. The van der Waals surface area contributed by atoms with E-state index in [0.29, 0.717) is 11.8 Å². The summed E-state index contributed by atoms with van der Waals surface area (Å²) in [6.45, 7) is 3.78. The molecule has 0 saturated heterocycles. The molecule has 1 aromatic heterocycles. The number of hydrogen-bond donors (Lipinski definition) is 0. The van der Waals surface area contributed by atoms with Crippen molar-refractivity contribution in [3.63, 3.8) is 0 Å². The minimum Gasteiger partial charge on any atom is -0.424 e. The van der Waals surface area contributed by atoms with E-state index in [1.54, 1.807) is 19.3 Å². The molecule has 0 bridgehead atoms. The molecule has 0 aromatic carbocycles. The summed E-state index contributed by atoms with van der Waals surface area (Å²) in [5.41, 5.74) is -0.349. The Kier molecular flexibility index (Phi) is 2.04. The molecule has 2 heterocycles. The molecule has 1 aliphatic rings. The van der Waals surface area contributed by atoms with Crippen LogP contribution in [0.15, 0.2) is 33.8 Å². The first-order valence-electron chi connectivity index (χ1n) is 4.40. The summed E-state index contributed by atoms with van der Waals surface area (Å²) in [6.07, 6.45) is 9.25. The van der Waals surface area contributed by atoms with Gasteiger partial charge in [-0.1, -0.05) is 6.08 Å². The fraction of sp³-hybridized carbons (Fsp3) is 0.300. The highest BCUT2D eigenvalue weighted by molar-refractivity contribution is 5.72. The Bertz CT molecular complexity index is 399. The zero-order valence-corrected chi connectivity index (χ0v) is 8.14. The highest BCUT2D eigenvalue weighted by Gasteiger charge is 2.26. The molecule has 4 nitrogen and oxygen atoms in total. The molecular formula is C10H11N3O. The van der Waals surface area contributed by atoms with Gasteiger partial charge in [0.05, 0.1) is 5.41 Å². The number of aromatic nitrogens is 2. The van der Waals surface area contributed by atoms with Gasteiger partial charge in [0.1, 0.15) is 0 Å². The van der Waals surface area contributed by atoms with E-state index in [1.807, 2.05) is 25.2 Å². The third kappa shape index (κ3) is 1.51. The van der Waals surface area contributed by atoms with Gasteiger partial charge in [-0.25, -0.2) is 0 Å². The van der Waals surface area contributed by atoms with Crippen molar-refractivity contribution < 1.29 is 4.42 Å². The fourth-order valence-electron chi connectivity index (χ4n) is 1.25. The van der Waals surface area contributed by atoms with Crippen LogP contribution in [-0.2, 0) is 5.41 Å². The molecule has 1 atom stereocenters. The van der Waals surface area contributed by atoms with Gasteiger partial charge in [-0.05, 0) is 19.1 Å². The predicted molar refractivity (Wildman–Crippen MR) is 53.2 cm³/mol. The van der Waals surface area contributed by atoms with E-state index in [4.69, 9.17) is 4.42 Å². The van der Waals surface area contributed by atoms with Crippen LogP contribution in [0, 0.1) is 6.92 Å². The lowest BCUT2D eigenvalue weighted by Crippen LogP contribution is -2.15. The Balaban J connectivity index is 2.41. The van der Waals surface area contributed by atoms with Gasteiger partial charge in [-0.2, -0.15) is 0 Å². The third-order valence-electron chi connectivity index (χ3n) is 2.11. The minimum absolute atomic E-state index is 0.349. The lowest BCUT2D eigenvalue weighted by Gasteiger charge is -2.14. The Morgan fingerprint density at radius 1 is 1.29 bits per heavy atom. The SMILES string of the molecule is Cc1nnc(C2(C)C=CC=NC=C2)o1. The van der Waals surface area contributed by atoms with Gasteiger partial charge in [0.25, 0.3) is 0 Å². The maximum atomic E-state index is 5.40. The molecule has 0 saturated carbocycles. The highest BCUT2D eigenvalue weighted by Crippen LogP contribution is 2.26. The number of allylic oxidation sites excluding steroid dienone is 3. The zero-order chi connectivity index (χ0) is 10.0. The van der Waals surface area contributed by atoms with Crippen molar-refractivity contribution >= 4 is 6.21 Å². The molecule has 72 valence electrons. The van der Waals surface area contributed by atoms with Crippen LogP contribution < -0.4 is 0 Å². The van der Waals surface area contributed by atoms with Crippen LogP contribution in [0.2, 0.25) is 0 Å². The van der Waals surface area contributed by atoms with E-state index in [2.05, 4.69) is 15.2 Å². The summed E-state index contributed by atoms with van der Waals surface area (Å²) >= 11 is 0. The second-order valence-electron chi connectivity index (χ2n) is 3.38. The molecule has 1 unspecified atom stereocenters. The summed E-state index contributed by atoms with van der Waals surface area (Å²) in [4.78, 5) is 4.02. The standard InChI is InChI=1S/C10H11N3O/c1-8-12-13-9(14-8)10(2)4-3-6-11-7-5-10/h3-7H,1-2H3. The first-order valence-corrected chi connectivity index (χ1v) is 4.40. The highest BCUT2D eigenvalue weighted by atomic mass is 16.4. The van der Waals surface area contributed by atoms with Crippen molar-refractivity contribution in [1.82, 2.24) is 10.2 Å². The lowest BCUT2D eigenvalue weighted by atomic mass is 9.90. The zero-order valence-electron chi connectivity index (χ0n) is 8.14. The van der Waals surface area contributed by atoms with E-state index in [0.717, 1.165) is 0 Å². The Morgan fingerprint density at radius 2 is 2.14 bits per heavy atom. The summed E-state index contributed by atoms with van der Waals surface area (Å²) in [5.74, 6) is 1.17. The Morgan fingerprint density at radius 3 is 2.86 bits per heavy atom. The monoisotopic (exact) mass is 189 g/mol. The van der Waals surface area contributed by atoms with Crippen molar-refractivity contribution in [3.8, 4) is 0 Å². The van der Waals surface area contributed by atoms with Gasteiger partial charge < -0.3 is 4.42 Å². The van der Waals surface area contributed by atoms with E-state index in [9.17, 15) is 0 Å². The van der Waals surface area contributed by atoms with Gasteiger partial charge in [0.15, 0.2) is 0 Å². The molecule has 0 amide bonds. The number of nitrogens with zero attached hydrogens (tertiary/aromatic N) is 3. The summed E-state index contributed by atoms with van der Waals surface area (Å²) < 4.78 is 5.40. The van der Waals surface area contributed by atoms with E-state index < -0.39 is 0 Å². The average molecular weight is 189 g/mol. The predicted octanol–water partition coefficient (Wildman–Crippen LogP) is 1.79. The van der Waals surface area contributed by atoms with E-state index >= 15 is 0 Å². The smallest absolute Gasteiger partial charge is 0.230 e. The summed E-state index contributed by atoms with van der Waals surface area (Å²) in [6, 6.07) is 0. The molecule has 0 N–H and O–H groups in total. The van der Waals surface area contributed by atoms with Crippen LogP contribution in [0.1, 0.15) is 18.7 Å². The van der Waals surface area contributed by atoms with Crippen molar-refractivity contribution in [3.05, 3.63) is 36.2 Å². The number of hydrogen-bond acceptors (Lipinski definition) is 4. The fourth-order valence-corrected chi connectivity index (χ4v) is 1.25. The average Bonchev–Trinajstić information content (AvgIpc) is 2.47. The van der Waals surface area contributed by atoms with Crippen molar-refractivity contribution in [2.24, 2.45) is 4.99 Å². The second-order valence-corrected chi connectivity index (χ2v) is 3.38. The Labute approximate surface area is 82.1 Å². The van der Waals surface area contributed by atoms with Crippen LogP contribution in [-0.4, -0.2) is 16.4 Å². The quantitative estimate of drug-likeness (QED) is 0.676. The second kappa shape index (κ2) is 3.21. The molecular weight excluding hydrogens is 178 g/mol. The van der Waals surface area contributed by atoms with Crippen LogP contribution in [0.5, 0.6) is 0 Å². The normalized spacial score (nSPS) is 25.3. The van der Waals surface area contributed by atoms with Gasteiger partial charge >= 0.3 is 0 Å². The molecule has 4 heteroatoms. The molecule has 2 rings (SSSR count). The van der Waals surface area contributed by atoms with Crippen LogP contribution in [0.4, 0.5) is 0 Å². The summed E-state index contributed by atoms with van der Waals surface area (Å²) in [7, 11) is 0. The first-order chi connectivity index (χ1) is 6.71. The molecule has 0 radical (unpaired) electrons. The largest absolute Gasteiger partial charge is 0.424 e. The maximum absolute atomic E-state index is 5.40. The van der Waals surface area contributed by atoms with E-state index in [-0.39, 0.29) is 5.41 Å². The topological polar surface area (TPSA) is 51.3 Å². The van der Waals surface area contributed by atoms with Crippen LogP contribution in [0.25, 0.3) is 0 Å². The Hall–Kier alpha value is -1.71. The number of rotatable bonds is 1. The van der Waals surface area contributed by atoms with Crippen LogP contribution in [0.3, 0.4) is 0 Å². The molecule has 1 aliphatic heterocycles. The minimum atomic E-state index is -0.349. The third-order valence-corrected chi connectivity index (χ3v) is 2.11. The number of aryl methyl sites for hydroxylation is 1. The molecule has 1 aromatic rings. The molecule has 0 fully saturated rings. The first kappa shape index (κ1) is 8.87. The van der Waals surface area contributed by atoms with Crippen LogP contribution >= 0.6 is 0 Å². The van der Waals surface area contributed by atoms with Crippen molar-refractivity contribution in [1.29, 1.82) is 0 Å². The van der Waals surface area contributed by atoms with Gasteiger partial charge in [-0.3, -0.25) is 4.99 Å². The van der Waals surface area contributed by atoms with Gasteiger partial charge in [-0.15, -0.1) is 10.2 Å². The molecule has 14 heavy (non-hydrogen) atoms. The van der Waals surface area contributed by atoms with Crippen molar-refractivity contribution in [2.75, 3.05) is 0 Å². The van der Waals surface area contributed by atoms with Gasteiger partial charge in [0.2, 0.25) is 11.8 Å². The van der Waals surface area contributed by atoms with Gasteiger partial charge in [0, 0.05) is 19.3 Å². The van der Waals surface area contributed by atoms with E-state index in [1.165, 1.54) is 0 Å². The molecule has 0 spiro atoms. The molecule has 0 aliphatic carbocycles. The van der Waals surface area contributed by atoms with Crippen molar-refractivity contribution in [2.45, 2.75) is 19.3 Å². The maximum Gasteiger partial charge on any atom is 0.230 e.